The minimum atomic E-state index is -3.67. The number of piperidine rings is 1. The molecule has 0 spiro atoms. The van der Waals surface area contributed by atoms with Gasteiger partial charge in [-0.2, -0.15) is 4.31 Å². The monoisotopic (exact) mass is 385 g/mol. The minimum Gasteiger partial charge on any atom is -0.386 e. The Morgan fingerprint density at radius 1 is 1.04 bits per heavy atom. The zero-order valence-electron chi connectivity index (χ0n) is 16.5. The Morgan fingerprint density at radius 3 is 1.96 bits per heavy atom. The van der Waals surface area contributed by atoms with Gasteiger partial charge in [-0.3, -0.25) is 0 Å². The lowest BCUT2D eigenvalue weighted by Crippen LogP contribution is -2.62. The maximum Gasteiger partial charge on any atom is 0.243 e. The van der Waals surface area contributed by atoms with E-state index in [-0.39, 0.29) is 24.4 Å². The molecule has 0 bridgehead atoms. The first-order chi connectivity index (χ1) is 11.8. The zero-order valence-corrected chi connectivity index (χ0v) is 17.3. The van der Waals surface area contributed by atoms with Crippen molar-refractivity contribution in [2.24, 2.45) is 0 Å². The molecule has 26 heavy (non-hydrogen) atoms. The Kier molecular flexibility index (Phi) is 5.90. The Balaban J connectivity index is 2.28. The van der Waals surface area contributed by atoms with Crippen LogP contribution >= 0.6 is 0 Å². The summed E-state index contributed by atoms with van der Waals surface area (Å²) in [6.07, 6.45) is -0.859. The van der Waals surface area contributed by atoms with Crippen molar-refractivity contribution in [2.45, 2.75) is 76.0 Å². The van der Waals surface area contributed by atoms with Crippen molar-refractivity contribution in [3.05, 3.63) is 30.3 Å². The molecule has 0 aliphatic carbocycles. The van der Waals surface area contributed by atoms with Gasteiger partial charge in [0.05, 0.1) is 16.1 Å². The summed E-state index contributed by atoms with van der Waals surface area (Å²) in [5.74, 6) is -1.25. The molecule has 148 valence electrons. The van der Waals surface area contributed by atoms with Gasteiger partial charge in [-0.1, -0.05) is 18.2 Å². The highest BCUT2D eigenvalue weighted by Gasteiger charge is 2.51. The fourth-order valence-corrected chi connectivity index (χ4v) is 4.59. The van der Waals surface area contributed by atoms with Crippen molar-refractivity contribution in [1.29, 1.82) is 0 Å². The van der Waals surface area contributed by atoms with Crippen LogP contribution in [0.4, 0.5) is 0 Å². The van der Waals surface area contributed by atoms with Gasteiger partial charge in [0.25, 0.3) is 0 Å². The average molecular weight is 386 g/mol. The van der Waals surface area contributed by atoms with Crippen LogP contribution in [-0.4, -0.2) is 54.0 Å². The molecule has 1 aromatic carbocycles. The van der Waals surface area contributed by atoms with Crippen LogP contribution in [-0.2, 0) is 19.5 Å². The number of β-amino-alcohol motifs (C(OH)–C–C–N with tert-alkyl or cyclic N) is 1. The van der Waals surface area contributed by atoms with Crippen molar-refractivity contribution in [1.82, 2.24) is 4.31 Å². The first-order valence-electron chi connectivity index (χ1n) is 8.89. The van der Waals surface area contributed by atoms with Gasteiger partial charge in [-0.05, 0) is 53.7 Å². The van der Waals surface area contributed by atoms with Crippen LogP contribution in [0.5, 0.6) is 0 Å². The van der Waals surface area contributed by atoms with E-state index in [4.69, 9.17) is 9.47 Å². The number of aliphatic hydroxyl groups excluding tert-OH is 1. The Labute approximate surface area is 157 Å². The number of rotatable bonds is 4. The summed E-state index contributed by atoms with van der Waals surface area (Å²) in [4.78, 5) is 0.216. The normalized spacial score (nSPS) is 22.3. The van der Waals surface area contributed by atoms with E-state index in [1.807, 2.05) is 41.5 Å². The molecule has 1 heterocycles. The number of aliphatic hydroxyl groups is 1. The maximum absolute atomic E-state index is 12.8. The number of hydrogen-bond acceptors (Lipinski definition) is 5. The van der Waals surface area contributed by atoms with E-state index in [1.54, 1.807) is 30.3 Å². The zero-order chi connectivity index (χ0) is 19.8. The highest BCUT2D eigenvalue weighted by atomic mass is 32.2. The van der Waals surface area contributed by atoms with Crippen LogP contribution in [0.15, 0.2) is 35.2 Å². The van der Waals surface area contributed by atoms with E-state index in [9.17, 15) is 13.5 Å². The van der Waals surface area contributed by atoms with Crippen LogP contribution in [0.1, 0.15) is 48.0 Å². The lowest BCUT2D eigenvalue weighted by molar-refractivity contribution is -0.354. The lowest BCUT2D eigenvalue weighted by Gasteiger charge is -2.49. The first-order valence-corrected chi connectivity index (χ1v) is 10.3. The van der Waals surface area contributed by atoms with Gasteiger partial charge in [0.2, 0.25) is 10.0 Å². The first kappa shape index (κ1) is 21.3. The molecule has 1 unspecified atom stereocenters. The van der Waals surface area contributed by atoms with Crippen molar-refractivity contribution in [3.63, 3.8) is 0 Å². The molecule has 1 fully saturated rings. The van der Waals surface area contributed by atoms with Gasteiger partial charge in [-0.25, -0.2) is 8.42 Å². The molecule has 1 aliphatic rings. The van der Waals surface area contributed by atoms with Gasteiger partial charge in [0, 0.05) is 19.5 Å². The summed E-state index contributed by atoms with van der Waals surface area (Å²) in [6, 6.07) is 8.25. The molecule has 1 aliphatic heterocycles. The predicted octanol–water partition coefficient (Wildman–Crippen LogP) is 2.77. The van der Waals surface area contributed by atoms with Crippen molar-refractivity contribution in [2.75, 3.05) is 13.1 Å². The largest absolute Gasteiger partial charge is 0.386 e. The number of sulfonamides is 1. The second-order valence-corrected chi connectivity index (χ2v) is 10.6. The van der Waals surface area contributed by atoms with Crippen molar-refractivity contribution >= 4 is 10.0 Å². The molecule has 0 amide bonds. The van der Waals surface area contributed by atoms with Gasteiger partial charge in [0.1, 0.15) is 6.10 Å². The topological polar surface area (TPSA) is 76.1 Å². The molecule has 0 aromatic heterocycles. The molecule has 1 saturated heterocycles. The molecule has 2 rings (SSSR count). The quantitative estimate of drug-likeness (QED) is 0.807. The number of nitrogens with zero attached hydrogens (tertiary/aromatic N) is 1. The third kappa shape index (κ3) is 5.04. The molecule has 1 N–H and O–H groups in total. The highest BCUT2D eigenvalue weighted by molar-refractivity contribution is 7.89. The molecule has 0 radical (unpaired) electrons. The molecule has 0 saturated carbocycles. The molecular formula is C19H31NO5S. The molecule has 7 heteroatoms. The molecule has 1 atom stereocenters. The Bertz CT molecular complexity index is 688. The minimum absolute atomic E-state index is 0.0800. The van der Waals surface area contributed by atoms with E-state index in [0.717, 1.165) is 0 Å². The highest BCUT2D eigenvalue weighted by Crippen LogP contribution is 2.37. The standard InChI is InChI=1S/C19H31NO5S/c1-17(2,3)24-19(25-18(4,5)6)12-13-20(14-16(19)21)26(22,23)15-10-8-7-9-11-15/h7-11,16,21H,12-14H2,1-6H3. The van der Waals surface area contributed by atoms with Gasteiger partial charge in [-0.15, -0.1) is 0 Å². The summed E-state index contributed by atoms with van der Waals surface area (Å²) >= 11 is 0. The van der Waals surface area contributed by atoms with Crippen LogP contribution < -0.4 is 0 Å². The van der Waals surface area contributed by atoms with E-state index < -0.39 is 33.1 Å². The van der Waals surface area contributed by atoms with E-state index >= 15 is 0 Å². The van der Waals surface area contributed by atoms with Gasteiger partial charge >= 0.3 is 0 Å². The van der Waals surface area contributed by atoms with Crippen molar-refractivity contribution in [3.8, 4) is 0 Å². The van der Waals surface area contributed by atoms with Crippen LogP contribution in [0.3, 0.4) is 0 Å². The van der Waals surface area contributed by atoms with Crippen molar-refractivity contribution < 1.29 is 23.0 Å². The average Bonchev–Trinajstić information content (AvgIpc) is 2.47. The van der Waals surface area contributed by atoms with Crippen LogP contribution in [0.2, 0.25) is 0 Å². The number of benzene rings is 1. The van der Waals surface area contributed by atoms with E-state index in [0.29, 0.717) is 0 Å². The van der Waals surface area contributed by atoms with E-state index in [1.165, 1.54) is 4.31 Å². The third-order valence-electron chi connectivity index (χ3n) is 3.93. The maximum atomic E-state index is 12.8. The number of hydrogen-bond donors (Lipinski definition) is 1. The summed E-state index contributed by atoms with van der Waals surface area (Å²) in [5.41, 5.74) is -1.10. The molecule has 6 nitrogen and oxygen atoms in total. The number of ether oxygens (including phenoxy) is 2. The lowest BCUT2D eigenvalue weighted by atomic mass is 9.98. The fraction of sp³-hybridized carbons (Fsp3) is 0.684. The predicted molar refractivity (Wildman–Crippen MR) is 100 cm³/mol. The Morgan fingerprint density at radius 2 is 1.54 bits per heavy atom. The smallest absolute Gasteiger partial charge is 0.243 e. The van der Waals surface area contributed by atoms with Gasteiger partial charge in [0.15, 0.2) is 5.79 Å². The summed E-state index contributed by atoms with van der Waals surface area (Å²) in [7, 11) is -3.67. The van der Waals surface area contributed by atoms with Gasteiger partial charge < -0.3 is 14.6 Å². The third-order valence-corrected chi connectivity index (χ3v) is 5.81. The second-order valence-electron chi connectivity index (χ2n) is 8.68. The molecular weight excluding hydrogens is 354 g/mol. The molecule has 1 aromatic rings. The fourth-order valence-electron chi connectivity index (χ4n) is 3.13. The Hall–Kier alpha value is -0.990. The summed E-state index contributed by atoms with van der Waals surface area (Å²) in [5, 5.41) is 10.9. The van der Waals surface area contributed by atoms with Crippen LogP contribution in [0, 0.1) is 0 Å². The van der Waals surface area contributed by atoms with E-state index in [2.05, 4.69) is 0 Å². The second kappa shape index (κ2) is 7.20. The SMILES string of the molecule is CC(C)(C)OC1(OC(C)(C)C)CCN(S(=O)(=O)c2ccccc2)CC1O. The van der Waals surface area contributed by atoms with Crippen LogP contribution in [0.25, 0.3) is 0 Å². The summed E-state index contributed by atoms with van der Waals surface area (Å²) < 4.78 is 39.2. The summed E-state index contributed by atoms with van der Waals surface area (Å²) in [6.45, 7) is 11.5.